The topological polar surface area (TPSA) is 135 Å². The number of alkyl halides is 6. The van der Waals surface area contributed by atoms with E-state index >= 15 is 0 Å². The average molecular weight is 496 g/mol. The van der Waals surface area contributed by atoms with Crippen LogP contribution in [0.5, 0.6) is 0 Å². The number of allylic oxidation sites excluding steroid dienone is 8. The van der Waals surface area contributed by atoms with E-state index in [1.807, 2.05) is 0 Å². The van der Waals surface area contributed by atoms with Crippen LogP contribution in [0.1, 0.15) is 11.6 Å². The van der Waals surface area contributed by atoms with E-state index in [1.165, 1.54) is 30.5 Å². The zero-order chi connectivity index (χ0) is 26.3. The standard InChI is InChI=1S/C22H6F6N8/c23-21(24,25)16-12-11(10(7-29)8-30)14(19-32-3-1-4-33-19)17(22(26,27)28)13(12)18(36-9-31)15(16)20-34-5-2-6-35-20/h1-6H. The maximum atomic E-state index is 14.5. The maximum Gasteiger partial charge on any atom is 0.417 e. The lowest BCUT2D eigenvalue weighted by Crippen LogP contribution is -2.20. The van der Waals surface area contributed by atoms with Crippen LogP contribution in [-0.4, -0.2) is 38.0 Å². The molecule has 0 radical (unpaired) electrons. The molecule has 176 valence electrons. The molecular weight excluding hydrogens is 490 g/mol. The van der Waals surface area contributed by atoms with E-state index in [0.29, 0.717) is 0 Å². The van der Waals surface area contributed by atoms with E-state index in [2.05, 4.69) is 24.9 Å². The molecule has 2 aromatic heterocycles. The lowest BCUT2D eigenvalue weighted by atomic mass is 9.90. The Morgan fingerprint density at radius 2 is 1.11 bits per heavy atom. The van der Waals surface area contributed by atoms with Gasteiger partial charge in [0, 0.05) is 47.1 Å². The molecule has 0 unspecified atom stereocenters. The van der Waals surface area contributed by atoms with E-state index in [1.54, 1.807) is 0 Å². The number of hydrogen-bond acceptors (Lipinski definition) is 8. The zero-order valence-electron chi connectivity index (χ0n) is 17.3. The molecule has 0 amide bonds. The minimum absolute atomic E-state index is 0.665. The lowest BCUT2D eigenvalue weighted by Gasteiger charge is -2.18. The van der Waals surface area contributed by atoms with Crippen LogP contribution < -0.4 is 0 Å². The summed E-state index contributed by atoms with van der Waals surface area (Å²) in [6, 6.07) is 5.22. The first-order valence-corrected chi connectivity index (χ1v) is 9.51. The Labute approximate surface area is 197 Å². The molecule has 0 saturated carbocycles. The van der Waals surface area contributed by atoms with Crippen molar-refractivity contribution in [2.45, 2.75) is 12.4 Å². The van der Waals surface area contributed by atoms with Crippen molar-refractivity contribution in [2.75, 3.05) is 0 Å². The average Bonchev–Trinajstić information content (AvgIpc) is 3.34. The van der Waals surface area contributed by atoms with Gasteiger partial charge >= 0.3 is 12.4 Å². The van der Waals surface area contributed by atoms with Crippen LogP contribution in [0.4, 0.5) is 26.3 Å². The molecule has 0 atom stereocenters. The summed E-state index contributed by atoms with van der Waals surface area (Å²) in [4.78, 5) is 18.1. The highest BCUT2D eigenvalue weighted by molar-refractivity contribution is 6.40. The first kappa shape index (κ1) is 24.0. The minimum atomic E-state index is -5.35. The van der Waals surface area contributed by atoms with Gasteiger partial charge in [-0.15, -0.1) is 0 Å². The van der Waals surface area contributed by atoms with E-state index in [4.69, 9.17) is 0 Å². The summed E-state index contributed by atoms with van der Waals surface area (Å²) < 4.78 is 87.2. The predicted octanol–water partition coefficient (Wildman–Crippen LogP) is 4.19. The first-order valence-electron chi connectivity index (χ1n) is 9.51. The van der Waals surface area contributed by atoms with Gasteiger partial charge in [0.25, 0.3) is 0 Å². The molecule has 0 N–H and O–H groups in total. The molecule has 4 rings (SSSR count). The molecule has 0 aromatic carbocycles. The predicted molar refractivity (Wildman–Crippen MR) is 108 cm³/mol. The molecular formula is C22H6F6N8. The van der Waals surface area contributed by atoms with Crippen molar-refractivity contribution in [3.05, 3.63) is 82.0 Å². The Kier molecular flexibility index (Phi) is 5.70. The summed E-state index contributed by atoms with van der Waals surface area (Å²) >= 11 is 0. The fourth-order valence-corrected chi connectivity index (χ4v) is 3.89. The summed E-state index contributed by atoms with van der Waals surface area (Å²) in [6.07, 6.45) is -5.31. The second-order valence-electron chi connectivity index (χ2n) is 6.92. The highest BCUT2D eigenvalue weighted by Crippen LogP contribution is 2.59. The van der Waals surface area contributed by atoms with E-state index in [-0.39, 0.29) is 0 Å². The Balaban J connectivity index is 2.27. The summed E-state index contributed by atoms with van der Waals surface area (Å²) in [5, 5.41) is 28.2. The summed E-state index contributed by atoms with van der Waals surface area (Å²) in [6.45, 7) is 0. The smallest absolute Gasteiger partial charge is 0.237 e. The quantitative estimate of drug-likeness (QED) is 0.346. The van der Waals surface area contributed by atoms with Gasteiger partial charge in [0.05, 0.1) is 22.4 Å². The van der Waals surface area contributed by atoms with Crippen molar-refractivity contribution in [1.29, 1.82) is 15.8 Å². The van der Waals surface area contributed by atoms with Crippen molar-refractivity contribution in [3.63, 3.8) is 0 Å². The molecule has 0 aliphatic heterocycles. The zero-order valence-corrected chi connectivity index (χ0v) is 17.3. The molecule has 2 aliphatic carbocycles. The SMILES string of the molecule is N#CN=C1C2=C(C(=C(C#N)C#N)C(c3ncccn3)=C2C(F)(F)F)C(C(F)(F)F)=C1c1ncccn1. The molecule has 0 spiro atoms. The van der Waals surface area contributed by atoms with Gasteiger partial charge in [-0.05, 0) is 12.1 Å². The number of aliphatic imine (C=N–C) groups is 1. The number of nitrogens with zero attached hydrogens (tertiary/aromatic N) is 8. The summed E-state index contributed by atoms with van der Waals surface area (Å²) in [5.41, 5.74) is -10.8. The first-order chi connectivity index (χ1) is 17.1. The molecule has 2 heterocycles. The van der Waals surface area contributed by atoms with E-state index < -0.39 is 74.3 Å². The highest BCUT2D eigenvalue weighted by Gasteiger charge is 2.57. The molecule has 0 fully saturated rings. The lowest BCUT2D eigenvalue weighted by molar-refractivity contribution is -0.0902. The van der Waals surface area contributed by atoms with Gasteiger partial charge in [0.1, 0.15) is 17.7 Å². The number of hydrogen-bond donors (Lipinski definition) is 0. The molecule has 0 bridgehead atoms. The minimum Gasteiger partial charge on any atom is -0.237 e. The molecule has 14 heteroatoms. The monoisotopic (exact) mass is 496 g/mol. The largest absolute Gasteiger partial charge is 0.417 e. The Morgan fingerprint density at radius 1 is 0.667 bits per heavy atom. The second kappa shape index (κ2) is 8.56. The van der Waals surface area contributed by atoms with Crippen molar-refractivity contribution in [1.82, 2.24) is 19.9 Å². The van der Waals surface area contributed by atoms with Gasteiger partial charge in [-0.3, -0.25) is 0 Å². The van der Waals surface area contributed by atoms with Crippen LogP contribution in [0, 0.1) is 34.1 Å². The van der Waals surface area contributed by atoms with Crippen LogP contribution in [-0.2, 0) is 0 Å². The third-order valence-corrected chi connectivity index (χ3v) is 5.00. The van der Waals surface area contributed by atoms with Crippen molar-refractivity contribution in [2.24, 2.45) is 4.99 Å². The molecule has 2 aliphatic rings. The van der Waals surface area contributed by atoms with Crippen LogP contribution in [0.3, 0.4) is 0 Å². The third kappa shape index (κ3) is 3.69. The van der Waals surface area contributed by atoms with Gasteiger partial charge in [-0.25, -0.2) is 19.9 Å². The second-order valence-corrected chi connectivity index (χ2v) is 6.92. The Hall–Kier alpha value is -5.16. The molecule has 0 saturated heterocycles. The van der Waals surface area contributed by atoms with Crippen molar-refractivity contribution >= 4 is 16.9 Å². The van der Waals surface area contributed by atoms with Crippen molar-refractivity contribution < 1.29 is 26.3 Å². The van der Waals surface area contributed by atoms with Crippen LogP contribution >= 0.6 is 0 Å². The highest BCUT2D eigenvalue weighted by atomic mass is 19.4. The van der Waals surface area contributed by atoms with Crippen LogP contribution in [0.25, 0.3) is 11.1 Å². The van der Waals surface area contributed by atoms with Crippen LogP contribution in [0.15, 0.2) is 75.4 Å². The van der Waals surface area contributed by atoms with Gasteiger partial charge < -0.3 is 0 Å². The summed E-state index contributed by atoms with van der Waals surface area (Å²) in [5.74, 6) is -1.35. The van der Waals surface area contributed by atoms with Crippen molar-refractivity contribution in [3.8, 4) is 18.3 Å². The molecule has 2 aromatic rings. The Bertz CT molecular complexity index is 1540. The van der Waals surface area contributed by atoms with Gasteiger partial charge in [-0.2, -0.15) is 47.1 Å². The molecule has 36 heavy (non-hydrogen) atoms. The van der Waals surface area contributed by atoms with Crippen LogP contribution in [0.2, 0.25) is 0 Å². The third-order valence-electron chi connectivity index (χ3n) is 5.00. The van der Waals surface area contributed by atoms with Gasteiger partial charge in [0.2, 0.25) is 6.19 Å². The van der Waals surface area contributed by atoms with E-state index in [9.17, 15) is 42.1 Å². The molecule has 8 nitrogen and oxygen atoms in total. The summed E-state index contributed by atoms with van der Waals surface area (Å²) in [7, 11) is 0. The fourth-order valence-electron chi connectivity index (χ4n) is 3.89. The Morgan fingerprint density at radius 3 is 1.53 bits per heavy atom. The number of aromatic nitrogens is 4. The number of nitriles is 3. The van der Waals surface area contributed by atoms with Gasteiger partial charge in [0.15, 0.2) is 11.6 Å². The fraction of sp³-hybridized carbons (Fsp3) is 0.0909. The van der Waals surface area contributed by atoms with Gasteiger partial charge in [-0.1, -0.05) is 0 Å². The normalized spacial score (nSPS) is 16.8. The van der Waals surface area contributed by atoms with E-state index in [0.717, 1.165) is 24.8 Å². The maximum absolute atomic E-state index is 14.5. The number of rotatable bonds is 2. The number of halogens is 6.